The molecule has 0 atom stereocenters. The van der Waals surface area contributed by atoms with E-state index in [9.17, 15) is 4.39 Å². The highest BCUT2D eigenvalue weighted by atomic mass is 79.9. The highest BCUT2D eigenvalue weighted by Crippen LogP contribution is 2.21. The van der Waals surface area contributed by atoms with Gasteiger partial charge >= 0.3 is 0 Å². The van der Waals surface area contributed by atoms with E-state index in [4.69, 9.17) is 0 Å². The SMILES string of the molecule is CN(Cc1cccc(F)c1Br)Cc1nccn1C. The van der Waals surface area contributed by atoms with Crippen molar-refractivity contribution in [3.63, 3.8) is 0 Å². The zero-order valence-electron chi connectivity index (χ0n) is 10.4. The minimum atomic E-state index is -0.224. The van der Waals surface area contributed by atoms with Gasteiger partial charge in [-0.2, -0.15) is 0 Å². The molecule has 2 aromatic rings. The Kier molecular flexibility index (Phi) is 4.14. The fourth-order valence-corrected chi connectivity index (χ4v) is 2.20. The average molecular weight is 312 g/mol. The highest BCUT2D eigenvalue weighted by Gasteiger charge is 2.09. The molecule has 0 fully saturated rings. The molecule has 0 radical (unpaired) electrons. The molecule has 0 bridgehead atoms. The molecular weight excluding hydrogens is 297 g/mol. The molecule has 1 heterocycles. The van der Waals surface area contributed by atoms with Crippen LogP contribution in [0.2, 0.25) is 0 Å². The Morgan fingerprint density at radius 2 is 2.17 bits per heavy atom. The minimum Gasteiger partial charge on any atom is -0.337 e. The molecule has 0 saturated carbocycles. The summed E-state index contributed by atoms with van der Waals surface area (Å²) < 4.78 is 15.9. The van der Waals surface area contributed by atoms with E-state index < -0.39 is 0 Å². The molecule has 0 saturated heterocycles. The van der Waals surface area contributed by atoms with Crippen LogP contribution in [0.25, 0.3) is 0 Å². The molecule has 0 aliphatic heterocycles. The van der Waals surface area contributed by atoms with Crippen LogP contribution in [-0.2, 0) is 20.1 Å². The second kappa shape index (κ2) is 5.63. The van der Waals surface area contributed by atoms with Gasteiger partial charge in [0.15, 0.2) is 0 Å². The van der Waals surface area contributed by atoms with E-state index in [2.05, 4.69) is 25.8 Å². The van der Waals surface area contributed by atoms with Crippen LogP contribution >= 0.6 is 15.9 Å². The Morgan fingerprint density at radius 3 is 2.83 bits per heavy atom. The quantitative estimate of drug-likeness (QED) is 0.865. The van der Waals surface area contributed by atoms with Crippen molar-refractivity contribution < 1.29 is 4.39 Å². The smallest absolute Gasteiger partial charge is 0.137 e. The Labute approximate surface area is 114 Å². The average Bonchev–Trinajstić information content (AvgIpc) is 2.71. The highest BCUT2D eigenvalue weighted by molar-refractivity contribution is 9.10. The lowest BCUT2D eigenvalue weighted by atomic mass is 10.2. The Balaban J connectivity index is 2.05. The van der Waals surface area contributed by atoms with Gasteiger partial charge in [-0.15, -0.1) is 0 Å². The van der Waals surface area contributed by atoms with Crippen LogP contribution < -0.4 is 0 Å². The molecule has 0 amide bonds. The summed E-state index contributed by atoms with van der Waals surface area (Å²) in [6.07, 6.45) is 3.70. The van der Waals surface area contributed by atoms with Crippen LogP contribution in [0.15, 0.2) is 35.1 Å². The molecule has 0 aliphatic carbocycles. The fraction of sp³-hybridized carbons (Fsp3) is 0.308. The van der Waals surface area contributed by atoms with Crippen molar-refractivity contribution in [2.24, 2.45) is 7.05 Å². The third-order valence-electron chi connectivity index (χ3n) is 2.80. The van der Waals surface area contributed by atoms with E-state index in [0.717, 1.165) is 17.9 Å². The summed E-state index contributed by atoms with van der Waals surface area (Å²) >= 11 is 3.28. The first-order valence-electron chi connectivity index (χ1n) is 5.65. The summed E-state index contributed by atoms with van der Waals surface area (Å²) in [5, 5.41) is 0. The summed E-state index contributed by atoms with van der Waals surface area (Å²) in [4.78, 5) is 6.37. The van der Waals surface area contributed by atoms with Crippen LogP contribution in [0.5, 0.6) is 0 Å². The lowest BCUT2D eigenvalue weighted by molar-refractivity contribution is 0.306. The normalized spacial score (nSPS) is 11.2. The summed E-state index contributed by atoms with van der Waals surface area (Å²) in [5.74, 6) is 0.767. The number of aromatic nitrogens is 2. The Morgan fingerprint density at radius 1 is 1.39 bits per heavy atom. The van der Waals surface area contributed by atoms with Gasteiger partial charge in [-0.05, 0) is 34.6 Å². The largest absolute Gasteiger partial charge is 0.337 e. The van der Waals surface area contributed by atoms with E-state index in [1.54, 1.807) is 12.3 Å². The Hall–Kier alpha value is -1.20. The molecule has 0 N–H and O–H groups in total. The number of hydrogen-bond donors (Lipinski definition) is 0. The summed E-state index contributed by atoms with van der Waals surface area (Å²) in [7, 11) is 3.96. The minimum absolute atomic E-state index is 0.224. The van der Waals surface area contributed by atoms with E-state index in [1.807, 2.05) is 30.9 Å². The summed E-state index contributed by atoms with van der Waals surface area (Å²) in [6, 6.07) is 5.10. The molecule has 1 aromatic heterocycles. The molecule has 0 spiro atoms. The van der Waals surface area contributed by atoms with Gasteiger partial charge in [0.2, 0.25) is 0 Å². The third kappa shape index (κ3) is 2.97. The molecule has 0 aliphatic rings. The van der Waals surface area contributed by atoms with Gasteiger partial charge in [-0.25, -0.2) is 9.37 Å². The number of imidazole rings is 1. The predicted octanol–water partition coefficient (Wildman–Crippen LogP) is 2.95. The van der Waals surface area contributed by atoms with Crippen molar-refractivity contribution >= 4 is 15.9 Å². The van der Waals surface area contributed by atoms with Crippen LogP contribution in [0.4, 0.5) is 4.39 Å². The third-order valence-corrected chi connectivity index (χ3v) is 3.69. The number of aryl methyl sites for hydroxylation is 1. The standard InChI is InChI=1S/C13H15BrFN3/c1-17(9-12-16-6-7-18(12)2)8-10-4-3-5-11(15)13(10)14/h3-7H,8-9H2,1-2H3. The first-order valence-corrected chi connectivity index (χ1v) is 6.45. The predicted molar refractivity (Wildman–Crippen MR) is 72.5 cm³/mol. The summed E-state index contributed by atoms with van der Waals surface area (Å²) in [5.41, 5.74) is 0.937. The second-order valence-corrected chi connectivity index (χ2v) is 5.13. The van der Waals surface area contributed by atoms with Gasteiger partial charge in [0, 0.05) is 26.0 Å². The van der Waals surface area contributed by atoms with Crippen molar-refractivity contribution in [2.45, 2.75) is 13.1 Å². The van der Waals surface area contributed by atoms with E-state index >= 15 is 0 Å². The lowest BCUT2D eigenvalue weighted by Gasteiger charge is -2.17. The lowest BCUT2D eigenvalue weighted by Crippen LogP contribution is -2.19. The fourth-order valence-electron chi connectivity index (χ4n) is 1.81. The van der Waals surface area contributed by atoms with Gasteiger partial charge < -0.3 is 4.57 Å². The van der Waals surface area contributed by atoms with Gasteiger partial charge in [0.05, 0.1) is 11.0 Å². The van der Waals surface area contributed by atoms with Gasteiger partial charge in [-0.1, -0.05) is 12.1 Å². The maximum atomic E-state index is 13.4. The monoisotopic (exact) mass is 311 g/mol. The molecular formula is C13H15BrFN3. The van der Waals surface area contributed by atoms with Gasteiger partial charge in [0.1, 0.15) is 11.6 Å². The first-order chi connectivity index (χ1) is 8.58. The van der Waals surface area contributed by atoms with Crippen molar-refractivity contribution in [2.75, 3.05) is 7.05 Å². The number of rotatable bonds is 4. The number of nitrogens with zero attached hydrogens (tertiary/aromatic N) is 3. The van der Waals surface area contributed by atoms with E-state index in [1.165, 1.54) is 6.07 Å². The molecule has 2 rings (SSSR count). The van der Waals surface area contributed by atoms with Gasteiger partial charge in [0.25, 0.3) is 0 Å². The number of benzene rings is 1. The first kappa shape index (κ1) is 13.2. The van der Waals surface area contributed by atoms with E-state index in [-0.39, 0.29) is 5.82 Å². The maximum absolute atomic E-state index is 13.4. The van der Waals surface area contributed by atoms with Gasteiger partial charge in [-0.3, -0.25) is 4.90 Å². The number of hydrogen-bond acceptors (Lipinski definition) is 2. The van der Waals surface area contributed by atoms with Crippen LogP contribution in [0, 0.1) is 5.82 Å². The molecule has 96 valence electrons. The molecule has 18 heavy (non-hydrogen) atoms. The van der Waals surface area contributed by atoms with Crippen molar-refractivity contribution in [3.8, 4) is 0 Å². The molecule has 0 unspecified atom stereocenters. The van der Waals surface area contributed by atoms with Crippen molar-refractivity contribution in [1.29, 1.82) is 0 Å². The Bertz CT molecular complexity index is 539. The van der Waals surface area contributed by atoms with Crippen molar-refractivity contribution in [1.82, 2.24) is 14.5 Å². The topological polar surface area (TPSA) is 21.1 Å². The maximum Gasteiger partial charge on any atom is 0.137 e. The van der Waals surface area contributed by atoms with Crippen LogP contribution in [0.3, 0.4) is 0 Å². The molecule has 1 aromatic carbocycles. The summed E-state index contributed by atoms with van der Waals surface area (Å²) in [6.45, 7) is 1.40. The zero-order chi connectivity index (χ0) is 13.1. The molecule has 5 heteroatoms. The molecule has 3 nitrogen and oxygen atoms in total. The zero-order valence-corrected chi connectivity index (χ0v) is 12.0. The van der Waals surface area contributed by atoms with Crippen LogP contribution in [-0.4, -0.2) is 21.5 Å². The van der Waals surface area contributed by atoms with E-state index in [0.29, 0.717) is 11.0 Å². The van der Waals surface area contributed by atoms with Crippen LogP contribution in [0.1, 0.15) is 11.4 Å². The second-order valence-electron chi connectivity index (χ2n) is 4.34. The number of halogens is 2. The van der Waals surface area contributed by atoms with Crippen molar-refractivity contribution in [3.05, 3.63) is 52.3 Å².